The molecule has 0 bridgehead atoms. The molecule has 0 aliphatic carbocycles. The van der Waals surface area contributed by atoms with Crippen molar-refractivity contribution in [3.05, 3.63) is 30.3 Å². The van der Waals surface area contributed by atoms with Crippen LogP contribution in [0.25, 0.3) is 0 Å². The first kappa shape index (κ1) is 7.05. The predicted molar refractivity (Wildman–Crippen MR) is 35.2 cm³/mol. The minimum atomic E-state index is -0.436. The second-order valence-corrected chi connectivity index (χ2v) is 1.64. The molecule has 1 aromatic rings. The van der Waals surface area contributed by atoms with Crippen LogP contribution in [-0.4, -0.2) is 11.9 Å². The summed E-state index contributed by atoms with van der Waals surface area (Å²) < 4.78 is 0. The molecule has 1 N–H and O–H groups in total. The first-order valence-corrected chi connectivity index (χ1v) is 2.89. The van der Waals surface area contributed by atoms with Gasteiger partial charge in [0.1, 0.15) is 0 Å². The highest BCUT2D eigenvalue weighted by Gasteiger charge is 1.88. The molecule has 0 saturated carbocycles. The molecule has 0 fully saturated rings. The van der Waals surface area contributed by atoms with E-state index in [1.54, 1.807) is 12.1 Å². The minimum Gasteiger partial charge on any atom is -0.367 e. The van der Waals surface area contributed by atoms with Gasteiger partial charge in [-0.05, 0) is 12.1 Å². The van der Waals surface area contributed by atoms with Gasteiger partial charge in [0.25, 0.3) is 0 Å². The van der Waals surface area contributed by atoms with Crippen molar-refractivity contribution in [2.24, 2.45) is 0 Å². The molecule has 10 heavy (non-hydrogen) atoms. The fraction of sp³-hybridized carbons (Fsp3) is 0.143. The van der Waals surface area contributed by atoms with Gasteiger partial charge in [-0.3, -0.25) is 0 Å². The van der Waals surface area contributed by atoms with Crippen molar-refractivity contribution in [2.75, 3.05) is 6.79 Å². The van der Waals surface area contributed by atoms with Gasteiger partial charge >= 0.3 is 0 Å². The van der Waals surface area contributed by atoms with E-state index in [0.29, 0.717) is 5.75 Å². The second-order valence-electron chi connectivity index (χ2n) is 1.64. The molecule has 0 saturated heterocycles. The lowest BCUT2D eigenvalue weighted by Gasteiger charge is -1.99. The third-order valence-electron chi connectivity index (χ3n) is 0.951. The van der Waals surface area contributed by atoms with Crippen LogP contribution in [0.1, 0.15) is 0 Å². The highest BCUT2D eigenvalue weighted by molar-refractivity contribution is 5.19. The number of aliphatic hydroxyl groups excluding tert-OH is 1. The summed E-state index contributed by atoms with van der Waals surface area (Å²) in [6.07, 6.45) is 0. The normalized spacial score (nSPS) is 9.30. The molecule has 54 valence electrons. The zero-order valence-corrected chi connectivity index (χ0v) is 5.36. The van der Waals surface area contributed by atoms with Crippen LogP contribution < -0.4 is 4.89 Å². The van der Waals surface area contributed by atoms with Crippen LogP contribution in [0.5, 0.6) is 5.75 Å². The van der Waals surface area contributed by atoms with Gasteiger partial charge < -0.3 is 9.99 Å². The van der Waals surface area contributed by atoms with E-state index < -0.39 is 6.79 Å². The smallest absolute Gasteiger partial charge is 0.189 e. The molecule has 1 aromatic carbocycles. The van der Waals surface area contributed by atoms with E-state index in [2.05, 4.69) is 9.78 Å². The molecule has 1 rings (SSSR count). The monoisotopic (exact) mass is 140 g/mol. The lowest BCUT2D eigenvalue weighted by atomic mass is 10.3. The SMILES string of the molecule is OCOOc1ccccc1. The molecular formula is C7H8O3. The topological polar surface area (TPSA) is 38.7 Å². The van der Waals surface area contributed by atoms with Crippen molar-refractivity contribution in [1.29, 1.82) is 0 Å². The fourth-order valence-electron chi connectivity index (χ4n) is 0.570. The number of hydrogen-bond donors (Lipinski definition) is 1. The molecule has 0 atom stereocenters. The maximum atomic E-state index is 8.18. The highest BCUT2D eigenvalue weighted by Crippen LogP contribution is 2.07. The van der Waals surface area contributed by atoms with E-state index >= 15 is 0 Å². The largest absolute Gasteiger partial charge is 0.367 e. The molecule has 0 spiro atoms. The van der Waals surface area contributed by atoms with Crippen molar-refractivity contribution in [2.45, 2.75) is 0 Å². The molecule has 0 unspecified atom stereocenters. The van der Waals surface area contributed by atoms with Crippen LogP contribution in [0.15, 0.2) is 30.3 Å². The Bertz CT molecular complexity index is 173. The molecular weight excluding hydrogens is 132 g/mol. The fourth-order valence-corrected chi connectivity index (χ4v) is 0.570. The van der Waals surface area contributed by atoms with Gasteiger partial charge in [0.2, 0.25) is 0 Å². The average molecular weight is 140 g/mol. The first-order chi connectivity index (χ1) is 4.93. The molecule has 0 aliphatic heterocycles. The summed E-state index contributed by atoms with van der Waals surface area (Å²) in [5, 5.41) is 8.18. The van der Waals surface area contributed by atoms with E-state index in [9.17, 15) is 0 Å². The number of aliphatic hydroxyl groups is 1. The minimum absolute atomic E-state index is 0.436. The van der Waals surface area contributed by atoms with Crippen LogP contribution in [0.3, 0.4) is 0 Å². The van der Waals surface area contributed by atoms with Gasteiger partial charge in [-0.25, -0.2) is 0 Å². The van der Waals surface area contributed by atoms with E-state index in [-0.39, 0.29) is 0 Å². The summed E-state index contributed by atoms with van der Waals surface area (Å²) in [5.41, 5.74) is 0. The highest BCUT2D eigenvalue weighted by atomic mass is 17.2. The lowest BCUT2D eigenvalue weighted by molar-refractivity contribution is -0.253. The quantitative estimate of drug-likeness (QED) is 0.386. The number of rotatable bonds is 3. The number of para-hydroxylation sites is 1. The van der Waals surface area contributed by atoms with Crippen LogP contribution >= 0.6 is 0 Å². The van der Waals surface area contributed by atoms with Gasteiger partial charge in [-0.15, -0.1) is 0 Å². The van der Waals surface area contributed by atoms with E-state index in [4.69, 9.17) is 5.11 Å². The predicted octanol–water partition coefficient (Wildman–Crippen LogP) is 0.947. The summed E-state index contributed by atoms with van der Waals surface area (Å²) in [5.74, 6) is 0.580. The van der Waals surface area contributed by atoms with Crippen molar-refractivity contribution >= 4 is 0 Å². The van der Waals surface area contributed by atoms with E-state index in [1.165, 1.54) is 0 Å². The van der Waals surface area contributed by atoms with Crippen LogP contribution in [-0.2, 0) is 4.89 Å². The van der Waals surface area contributed by atoms with Crippen LogP contribution in [0.4, 0.5) is 0 Å². The zero-order chi connectivity index (χ0) is 7.23. The molecule has 0 heterocycles. The first-order valence-electron chi connectivity index (χ1n) is 2.89. The van der Waals surface area contributed by atoms with Gasteiger partial charge in [0.05, 0.1) is 0 Å². The molecule has 0 aromatic heterocycles. The van der Waals surface area contributed by atoms with Gasteiger partial charge in [0.15, 0.2) is 12.5 Å². The van der Waals surface area contributed by atoms with Gasteiger partial charge in [0, 0.05) is 0 Å². The number of benzene rings is 1. The third-order valence-corrected chi connectivity index (χ3v) is 0.951. The Morgan fingerprint density at radius 1 is 1.20 bits per heavy atom. The van der Waals surface area contributed by atoms with Crippen molar-refractivity contribution in [3.8, 4) is 5.75 Å². The van der Waals surface area contributed by atoms with E-state index in [0.717, 1.165) is 0 Å². The molecule has 3 heteroatoms. The van der Waals surface area contributed by atoms with Crippen LogP contribution in [0, 0.1) is 0 Å². The molecule has 0 amide bonds. The number of hydrogen-bond acceptors (Lipinski definition) is 3. The molecule has 3 nitrogen and oxygen atoms in total. The standard InChI is InChI=1S/C7H8O3/c8-6-9-10-7-4-2-1-3-5-7/h1-5,8H,6H2. The maximum absolute atomic E-state index is 8.18. The summed E-state index contributed by atoms with van der Waals surface area (Å²) in [6, 6.07) is 8.96. The van der Waals surface area contributed by atoms with Crippen molar-refractivity contribution < 1.29 is 14.9 Å². The average Bonchev–Trinajstić information content (AvgIpc) is 2.03. The maximum Gasteiger partial charge on any atom is 0.189 e. The summed E-state index contributed by atoms with van der Waals surface area (Å²) in [7, 11) is 0. The zero-order valence-electron chi connectivity index (χ0n) is 5.36. The lowest BCUT2D eigenvalue weighted by Crippen LogP contribution is -1.96. The Morgan fingerprint density at radius 2 is 1.90 bits per heavy atom. The Kier molecular flexibility index (Phi) is 2.73. The Balaban J connectivity index is 2.43. The summed E-state index contributed by atoms with van der Waals surface area (Å²) in [4.78, 5) is 8.88. The van der Waals surface area contributed by atoms with Gasteiger partial charge in [-0.1, -0.05) is 18.2 Å². The van der Waals surface area contributed by atoms with Gasteiger partial charge in [-0.2, -0.15) is 4.89 Å². The summed E-state index contributed by atoms with van der Waals surface area (Å²) >= 11 is 0. The Labute approximate surface area is 58.7 Å². The molecule has 0 radical (unpaired) electrons. The third kappa shape index (κ3) is 2.05. The Morgan fingerprint density at radius 3 is 2.50 bits per heavy atom. The van der Waals surface area contributed by atoms with Crippen molar-refractivity contribution in [1.82, 2.24) is 0 Å². The Hall–Kier alpha value is -1.06. The molecule has 0 aliphatic rings. The van der Waals surface area contributed by atoms with Crippen LogP contribution in [0.2, 0.25) is 0 Å². The van der Waals surface area contributed by atoms with Crippen molar-refractivity contribution in [3.63, 3.8) is 0 Å². The summed E-state index contributed by atoms with van der Waals surface area (Å²) in [6.45, 7) is -0.436. The van der Waals surface area contributed by atoms with E-state index in [1.807, 2.05) is 18.2 Å². The second kappa shape index (κ2) is 3.87.